The molecule has 19 heavy (non-hydrogen) atoms. The molecule has 1 aliphatic heterocycles. The molecule has 0 spiro atoms. The molecule has 1 aliphatic rings. The van der Waals surface area contributed by atoms with E-state index in [-0.39, 0.29) is 18.4 Å². The molecule has 1 saturated heterocycles. The summed E-state index contributed by atoms with van der Waals surface area (Å²) in [5, 5.41) is 16.5. The van der Waals surface area contributed by atoms with Crippen LogP contribution >= 0.6 is 0 Å². The fraction of sp³-hybridized carbons (Fsp3) is 0.727. The van der Waals surface area contributed by atoms with Gasteiger partial charge in [-0.05, 0) is 12.8 Å². The highest BCUT2D eigenvalue weighted by Gasteiger charge is 2.25. The predicted octanol–water partition coefficient (Wildman–Crippen LogP) is -0.946. The smallest absolute Gasteiger partial charge is 0.326 e. The number of nitrogens with one attached hydrogen (secondary N) is 3. The highest BCUT2D eigenvalue weighted by atomic mass is 16.5. The average molecular weight is 273 g/mol. The third-order valence-electron chi connectivity index (χ3n) is 2.76. The number of ether oxygens (including phenoxy) is 1. The Morgan fingerprint density at radius 3 is 2.84 bits per heavy atom. The summed E-state index contributed by atoms with van der Waals surface area (Å²) in [5.74, 6) is -1.22. The predicted molar refractivity (Wildman–Crippen MR) is 65.6 cm³/mol. The summed E-state index contributed by atoms with van der Waals surface area (Å²) in [6, 6.07) is -1.83. The van der Waals surface area contributed by atoms with Gasteiger partial charge in [-0.15, -0.1) is 0 Å². The minimum Gasteiger partial charge on any atom is -0.480 e. The summed E-state index contributed by atoms with van der Waals surface area (Å²) >= 11 is 0. The summed E-state index contributed by atoms with van der Waals surface area (Å²) in [7, 11) is 1.53. The van der Waals surface area contributed by atoms with Gasteiger partial charge in [0.15, 0.2) is 0 Å². The molecule has 1 fully saturated rings. The fourth-order valence-electron chi connectivity index (χ4n) is 1.78. The normalized spacial score (nSPS) is 19.6. The zero-order chi connectivity index (χ0) is 14.3. The molecule has 3 amide bonds. The maximum Gasteiger partial charge on any atom is 0.326 e. The van der Waals surface area contributed by atoms with E-state index in [1.54, 1.807) is 0 Å². The number of urea groups is 1. The Balaban J connectivity index is 2.34. The lowest BCUT2D eigenvalue weighted by molar-refractivity contribution is -0.139. The fourth-order valence-corrected chi connectivity index (χ4v) is 1.78. The number of rotatable bonds is 7. The van der Waals surface area contributed by atoms with Crippen LogP contribution < -0.4 is 16.0 Å². The van der Waals surface area contributed by atoms with Crippen molar-refractivity contribution in [2.24, 2.45) is 0 Å². The van der Waals surface area contributed by atoms with Crippen LogP contribution in [0, 0.1) is 0 Å². The zero-order valence-corrected chi connectivity index (χ0v) is 10.8. The van der Waals surface area contributed by atoms with E-state index in [0.717, 1.165) is 0 Å². The number of hydrogen-bond donors (Lipinski definition) is 4. The van der Waals surface area contributed by atoms with Crippen molar-refractivity contribution in [3.8, 4) is 0 Å². The number of carboxylic acid groups (broad SMARTS) is 1. The van der Waals surface area contributed by atoms with Crippen molar-refractivity contribution in [1.29, 1.82) is 0 Å². The van der Waals surface area contributed by atoms with E-state index in [4.69, 9.17) is 9.84 Å². The molecule has 8 nitrogen and oxygen atoms in total. The summed E-state index contributed by atoms with van der Waals surface area (Å²) in [5.41, 5.74) is 0. The molecule has 2 unspecified atom stereocenters. The summed E-state index contributed by atoms with van der Waals surface area (Å²) < 4.78 is 4.83. The molecule has 0 aromatic heterocycles. The van der Waals surface area contributed by atoms with Gasteiger partial charge in [-0.3, -0.25) is 4.79 Å². The first kappa shape index (κ1) is 15.2. The SMILES string of the molecule is COCCCC(NC(=O)NC1CNC(=O)C1)C(=O)O. The second kappa shape index (κ2) is 7.57. The van der Waals surface area contributed by atoms with Crippen molar-refractivity contribution in [1.82, 2.24) is 16.0 Å². The third-order valence-corrected chi connectivity index (χ3v) is 2.76. The van der Waals surface area contributed by atoms with Gasteiger partial charge in [-0.1, -0.05) is 0 Å². The Kier molecular flexibility index (Phi) is 6.07. The van der Waals surface area contributed by atoms with Crippen LogP contribution in [-0.2, 0) is 14.3 Å². The zero-order valence-electron chi connectivity index (χ0n) is 10.8. The highest BCUT2D eigenvalue weighted by molar-refractivity contribution is 5.84. The van der Waals surface area contributed by atoms with Crippen LogP contribution in [0.2, 0.25) is 0 Å². The molecule has 0 saturated carbocycles. The topological polar surface area (TPSA) is 117 Å². The van der Waals surface area contributed by atoms with Crippen LogP contribution in [0.15, 0.2) is 0 Å². The number of carbonyl (C=O) groups is 3. The van der Waals surface area contributed by atoms with Crippen molar-refractivity contribution < 1.29 is 24.2 Å². The van der Waals surface area contributed by atoms with Crippen LogP contribution in [-0.4, -0.2) is 55.4 Å². The molecule has 0 bridgehead atoms. The van der Waals surface area contributed by atoms with Gasteiger partial charge in [0.25, 0.3) is 0 Å². The number of aliphatic carboxylic acids is 1. The first-order chi connectivity index (χ1) is 9.02. The van der Waals surface area contributed by atoms with E-state index in [0.29, 0.717) is 26.0 Å². The lowest BCUT2D eigenvalue weighted by Crippen LogP contribution is -2.49. The monoisotopic (exact) mass is 273 g/mol. The molecule has 0 aliphatic carbocycles. The van der Waals surface area contributed by atoms with Gasteiger partial charge in [-0.25, -0.2) is 9.59 Å². The van der Waals surface area contributed by atoms with E-state index in [9.17, 15) is 14.4 Å². The third kappa shape index (κ3) is 5.56. The van der Waals surface area contributed by atoms with E-state index in [1.807, 2.05) is 0 Å². The second-order valence-corrected chi connectivity index (χ2v) is 4.35. The first-order valence-electron chi connectivity index (χ1n) is 6.08. The largest absolute Gasteiger partial charge is 0.480 e. The second-order valence-electron chi connectivity index (χ2n) is 4.35. The molecular formula is C11H19N3O5. The maximum absolute atomic E-state index is 11.6. The standard InChI is InChI=1S/C11H19N3O5/c1-19-4-2-3-8(10(16)17)14-11(18)13-7-5-9(15)12-6-7/h7-8H,2-6H2,1H3,(H,12,15)(H,16,17)(H2,13,14,18). The van der Waals surface area contributed by atoms with E-state index < -0.39 is 18.0 Å². The Labute approximate surface area is 110 Å². The lowest BCUT2D eigenvalue weighted by atomic mass is 10.1. The molecule has 0 radical (unpaired) electrons. The molecule has 8 heteroatoms. The molecule has 1 rings (SSSR count). The Morgan fingerprint density at radius 2 is 2.32 bits per heavy atom. The number of carbonyl (C=O) groups excluding carboxylic acids is 2. The van der Waals surface area contributed by atoms with Gasteiger partial charge in [0.05, 0.1) is 6.04 Å². The molecule has 0 aromatic carbocycles. The molecule has 4 N–H and O–H groups in total. The number of hydrogen-bond acceptors (Lipinski definition) is 4. The highest BCUT2D eigenvalue weighted by Crippen LogP contribution is 2.01. The number of carboxylic acids is 1. The average Bonchev–Trinajstić information content (AvgIpc) is 2.73. The summed E-state index contributed by atoms with van der Waals surface area (Å²) in [6.45, 7) is 0.807. The van der Waals surface area contributed by atoms with E-state index >= 15 is 0 Å². The van der Waals surface area contributed by atoms with E-state index in [2.05, 4.69) is 16.0 Å². The van der Waals surface area contributed by atoms with Crippen molar-refractivity contribution >= 4 is 17.9 Å². The van der Waals surface area contributed by atoms with Crippen molar-refractivity contribution in [2.45, 2.75) is 31.3 Å². The van der Waals surface area contributed by atoms with Gasteiger partial charge in [-0.2, -0.15) is 0 Å². The van der Waals surface area contributed by atoms with Gasteiger partial charge >= 0.3 is 12.0 Å². The van der Waals surface area contributed by atoms with Crippen molar-refractivity contribution in [2.75, 3.05) is 20.3 Å². The van der Waals surface area contributed by atoms with Crippen molar-refractivity contribution in [3.05, 3.63) is 0 Å². The van der Waals surface area contributed by atoms with Crippen LogP contribution in [0.5, 0.6) is 0 Å². The summed E-state index contributed by atoms with van der Waals surface area (Å²) in [6.07, 6.45) is 1.05. The first-order valence-corrected chi connectivity index (χ1v) is 6.08. The minimum atomic E-state index is -1.09. The number of methoxy groups -OCH3 is 1. The van der Waals surface area contributed by atoms with Gasteiger partial charge in [0.1, 0.15) is 6.04 Å². The molecule has 2 atom stereocenters. The van der Waals surface area contributed by atoms with Crippen LogP contribution in [0.4, 0.5) is 4.79 Å². The van der Waals surface area contributed by atoms with Gasteiger partial charge in [0, 0.05) is 26.7 Å². The van der Waals surface area contributed by atoms with Gasteiger partial charge < -0.3 is 25.8 Å². The Bertz CT molecular complexity index is 347. The molecular weight excluding hydrogens is 254 g/mol. The molecule has 1 heterocycles. The van der Waals surface area contributed by atoms with Crippen LogP contribution in [0.25, 0.3) is 0 Å². The Hall–Kier alpha value is -1.83. The van der Waals surface area contributed by atoms with Crippen molar-refractivity contribution in [3.63, 3.8) is 0 Å². The van der Waals surface area contributed by atoms with Gasteiger partial charge in [0.2, 0.25) is 5.91 Å². The molecule has 108 valence electrons. The maximum atomic E-state index is 11.6. The summed E-state index contributed by atoms with van der Waals surface area (Å²) in [4.78, 5) is 33.5. The van der Waals surface area contributed by atoms with Crippen LogP contribution in [0.3, 0.4) is 0 Å². The Morgan fingerprint density at radius 1 is 1.58 bits per heavy atom. The van der Waals surface area contributed by atoms with E-state index in [1.165, 1.54) is 7.11 Å². The number of amides is 3. The quantitative estimate of drug-likeness (QED) is 0.446. The lowest BCUT2D eigenvalue weighted by Gasteiger charge is -2.17. The minimum absolute atomic E-state index is 0.125. The molecule has 0 aromatic rings. The van der Waals surface area contributed by atoms with Crippen LogP contribution in [0.1, 0.15) is 19.3 Å².